The van der Waals surface area contributed by atoms with Crippen molar-refractivity contribution in [2.75, 3.05) is 32.2 Å². The second-order valence-electron chi connectivity index (χ2n) is 7.06. The Labute approximate surface area is 170 Å². The van der Waals surface area contributed by atoms with Crippen LogP contribution in [-0.4, -0.2) is 38.7 Å². The monoisotopic (exact) mass is 398 g/mol. The minimum atomic E-state index is -0.550. The summed E-state index contributed by atoms with van der Waals surface area (Å²) in [5.74, 6) is 0.580. The molecule has 0 saturated carbocycles. The zero-order valence-corrected chi connectivity index (χ0v) is 16.9. The van der Waals surface area contributed by atoms with Gasteiger partial charge in [0.25, 0.3) is 5.91 Å². The number of carbonyl (C=O) groups is 2. The van der Waals surface area contributed by atoms with Gasteiger partial charge in [-0.25, -0.2) is 4.79 Å². The first kappa shape index (κ1) is 20.5. The molecule has 0 radical (unpaired) electrons. The van der Waals surface area contributed by atoms with Crippen LogP contribution in [0.25, 0.3) is 0 Å². The van der Waals surface area contributed by atoms with Crippen LogP contribution in [0.5, 0.6) is 11.5 Å². The van der Waals surface area contributed by atoms with E-state index in [0.29, 0.717) is 36.0 Å². The molecule has 1 amide bonds. The minimum Gasteiger partial charge on any atom is -0.486 e. The molecular formula is C22H26N2O5. The molecule has 1 aliphatic rings. The van der Waals surface area contributed by atoms with Crippen LogP contribution in [0, 0.1) is 5.92 Å². The molecule has 7 heteroatoms. The van der Waals surface area contributed by atoms with Gasteiger partial charge in [-0.3, -0.25) is 4.79 Å². The van der Waals surface area contributed by atoms with Gasteiger partial charge in [-0.1, -0.05) is 32.0 Å². The minimum absolute atomic E-state index is 0.127. The third kappa shape index (κ3) is 4.99. The normalized spacial score (nSPS) is 13.5. The Morgan fingerprint density at radius 3 is 2.52 bits per heavy atom. The van der Waals surface area contributed by atoms with E-state index >= 15 is 0 Å². The average molecular weight is 398 g/mol. The van der Waals surface area contributed by atoms with Crippen molar-refractivity contribution in [2.45, 2.75) is 19.9 Å². The van der Waals surface area contributed by atoms with E-state index in [9.17, 15) is 9.59 Å². The quantitative estimate of drug-likeness (QED) is 0.697. The first-order chi connectivity index (χ1) is 14.0. The molecule has 0 aliphatic carbocycles. The molecule has 0 saturated heterocycles. The van der Waals surface area contributed by atoms with Crippen molar-refractivity contribution >= 4 is 17.6 Å². The van der Waals surface area contributed by atoms with Gasteiger partial charge in [0.15, 0.2) is 18.1 Å². The zero-order chi connectivity index (χ0) is 20.8. The lowest BCUT2D eigenvalue weighted by Crippen LogP contribution is -2.35. The Hall–Kier alpha value is -3.22. The Kier molecular flexibility index (Phi) is 6.59. The Morgan fingerprint density at radius 1 is 1.07 bits per heavy atom. The summed E-state index contributed by atoms with van der Waals surface area (Å²) in [5.41, 5.74) is 1.94. The van der Waals surface area contributed by atoms with Crippen LogP contribution in [0.4, 0.5) is 5.69 Å². The summed E-state index contributed by atoms with van der Waals surface area (Å²) in [5, 5.41) is 5.88. The third-order valence-corrected chi connectivity index (χ3v) is 4.66. The van der Waals surface area contributed by atoms with E-state index < -0.39 is 5.97 Å². The maximum atomic E-state index is 12.5. The molecule has 2 aromatic rings. The number of fused-ring (bicyclic) bond motifs is 1. The van der Waals surface area contributed by atoms with Gasteiger partial charge in [0.1, 0.15) is 13.2 Å². The average Bonchev–Trinajstić information content (AvgIpc) is 2.75. The summed E-state index contributed by atoms with van der Waals surface area (Å²) in [7, 11) is 1.72. The van der Waals surface area contributed by atoms with Crippen molar-refractivity contribution < 1.29 is 23.8 Å². The highest BCUT2D eigenvalue weighted by atomic mass is 16.6. The van der Waals surface area contributed by atoms with E-state index in [2.05, 4.69) is 10.6 Å². The summed E-state index contributed by atoms with van der Waals surface area (Å²) in [6.07, 6.45) is 0. The fourth-order valence-corrected chi connectivity index (χ4v) is 3.19. The molecule has 0 fully saturated rings. The molecule has 0 unspecified atom stereocenters. The molecule has 1 heterocycles. The number of anilines is 1. The number of ether oxygens (including phenoxy) is 3. The number of para-hydroxylation sites is 1. The number of hydrogen-bond donors (Lipinski definition) is 2. The number of esters is 1. The number of hydrogen-bond acceptors (Lipinski definition) is 6. The van der Waals surface area contributed by atoms with Crippen molar-refractivity contribution in [3.63, 3.8) is 0 Å². The predicted octanol–water partition coefficient (Wildman–Crippen LogP) is 3.17. The molecule has 29 heavy (non-hydrogen) atoms. The van der Waals surface area contributed by atoms with E-state index in [-0.39, 0.29) is 24.5 Å². The van der Waals surface area contributed by atoms with Crippen molar-refractivity contribution in [1.82, 2.24) is 5.32 Å². The number of benzene rings is 2. The summed E-state index contributed by atoms with van der Waals surface area (Å²) in [6, 6.07) is 12.4. The van der Waals surface area contributed by atoms with Crippen LogP contribution in [0.15, 0.2) is 42.5 Å². The van der Waals surface area contributed by atoms with Crippen LogP contribution in [0.2, 0.25) is 0 Å². The van der Waals surface area contributed by atoms with E-state index in [4.69, 9.17) is 14.2 Å². The Morgan fingerprint density at radius 2 is 1.79 bits per heavy atom. The molecule has 0 aromatic heterocycles. The molecule has 3 rings (SSSR count). The highest BCUT2D eigenvalue weighted by Gasteiger charge is 2.22. The summed E-state index contributed by atoms with van der Waals surface area (Å²) in [6.45, 7) is 4.69. The fraction of sp³-hybridized carbons (Fsp3) is 0.364. The molecule has 0 bridgehead atoms. The lowest BCUT2D eigenvalue weighted by molar-refractivity contribution is -0.125. The van der Waals surface area contributed by atoms with Gasteiger partial charge in [-0.05, 0) is 35.7 Å². The van der Waals surface area contributed by atoms with Gasteiger partial charge in [0.2, 0.25) is 0 Å². The van der Waals surface area contributed by atoms with E-state index in [1.165, 1.54) is 0 Å². The molecule has 7 nitrogen and oxygen atoms in total. The number of rotatable bonds is 7. The molecule has 2 N–H and O–H groups in total. The van der Waals surface area contributed by atoms with Gasteiger partial charge in [-0.15, -0.1) is 0 Å². The lowest BCUT2D eigenvalue weighted by atomic mass is 9.95. The summed E-state index contributed by atoms with van der Waals surface area (Å²) >= 11 is 0. The first-order valence-corrected chi connectivity index (χ1v) is 9.62. The maximum Gasteiger partial charge on any atom is 0.340 e. The fourth-order valence-electron chi connectivity index (χ4n) is 3.19. The van der Waals surface area contributed by atoms with Gasteiger partial charge in [0.05, 0.1) is 11.6 Å². The van der Waals surface area contributed by atoms with Crippen LogP contribution in [-0.2, 0) is 9.53 Å². The highest BCUT2D eigenvalue weighted by Crippen LogP contribution is 2.34. The molecule has 154 valence electrons. The van der Waals surface area contributed by atoms with Gasteiger partial charge >= 0.3 is 5.97 Å². The van der Waals surface area contributed by atoms with Crippen LogP contribution in [0.1, 0.15) is 35.8 Å². The number of amides is 1. The Balaban J connectivity index is 1.63. The molecule has 1 atom stereocenters. The van der Waals surface area contributed by atoms with Gasteiger partial charge in [0, 0.05) is 12.7 Å². The highest BCUT2D eigenvalue weighted by molar-refractivity contribution is 5.96. The van der Waals surface area contributed by atoms with Crippen molar-refractivity contribution in [2.24, 2.45) is 5.92 Å². The number of nitrogens with one attached hydrogen (secondary N) is 2. The second kappa shape index (κ2) is 9.32. The van der Waals surface area contributed by atoms with E-state index in [1.54, 1.807) is 25.2 Å². The zero-order valence-electron chi connectivity index (χ0n) is 16.9. The second-order valence-corrected chi connectivity index (χ2v) is 7.06. The predicted molar refractivity (Wildman–Crippen MR) is 109 cm³/mol. The molecule has 2 aromatic carbocycles. The molecule has 0 spiro atoms. The van der Waals surface area contributed by atoms with Crippen molar-refractivity contribution in [3.05, 3.63) is 53.6 Å². The van der Waals surface area contributed by atoms with Gasteiger partial charge < -0.3 is 24.8 Å². The smallest absolute Gasteiger partial charge is 0.340 e. The van der Waals surface area contributed by atoms with Gasteiger partial charge in [-0.2, -0.15) is 0 Å². The summed E-state index contributed by atoms with van der Waals surface area (Å²) in [4.78, 5) is 24.8. The third-order valence-electron chi connectivity index (χ3n) is 4.66. The van der Waals surface area contributed by atoms with Crippen LogP contribution < -0.4 is 20.1 Å². The lowest BCUT2D eigenvalue weighted by Gasteiger charge is -2.25. The van der Waals surface area contributed by atoms with Crippen molar-refractivity contribution in [1.29, 1.82) is 0 Å². The standard InChI is InChI=1S/C22H26N2O5/c1-14(2)21(15-8-9-18-19(12-15)28-11-10-27-18)24-20(25)13-29-22(26)16-6-4-5-7-17(16)23-3/h4-9,12,14,21,23H,10-11,13H2,1-3H3,(H,24,25)/t21-/m0/s1. The van der Waals surface area contributed by atoms with Crippen LogP contribution in [0.3, 0.4) is 0 Å². The van der Waals surface area contributed by atoms with Crippen molar-refractivity contribution in [3.8, 4) is 11.5 Å². The van der Waals surface area contributed by atoms with E-state index in [0.717, 1.165) is 5.56 Å². The molecular weight excluding hydrogens is 372 g/mol. The van der Waals surface area contributed by atoms with E-state index in [1.807, 2.05) is 38.1 Å². The largest absolute Gasteiger partial charge is 0.486 e. The Bertz CT molecular complexity index is 881. The van der Waals surface area contributed by atoms with Crippen LogP contribution >= 0.6 is 0 Å². The SMILES string of the molecule is CNc1ccccc1C(=O)OCC(=O)N[C@H](c1ccc2c(c1)OCCO2)C(C)C. The topological polar surface area (TPSA) is 85.9 Å². The number of carbonyl (C=O) groups excluding carboxylic acids is 2. The molecule has 1 aliphatic heterocycles. The maximum absolute atomic E-state index is 12.5. The first-order valence-electron chi connectivity index (χ1n) is 9.62. The summed E-state index contributed by atoms with van der Waals surface area (Å²) < 4.78 is 16.4.